The second-order valence-electron chi connectivity index (χ2n) is 5.71. The first-order valence-electron chi connectivity index (χ1n) is 8.02. The van der Waals surface area contributed by atoms with Crippen molar-refractivity contribution >= 4 is 33.5 Å². The molecule has 0 amide bonds. The molecule has 2 heterocycles. The Kier molecular flexibility index (Phi) is 4.70. The normalized spacial score (nSPS) is 11.0. The quantitative estimate of drug-likeness (QED) is 0.401. The lowest BCUT2D eigenvalue weighted by Crippen LogP contribution is -1.92. The van der Waals surface area contributed by atoms with Crippen LogP contribution in [-0.4, -0.2) is 27.7 Å². The highest BCUT2D eigenvalue weighted by atomic mass is 79.9. The molecule has 2 aromatic carbocycles. The fraction of sp³-hybridized carbons (Fsp3) is 0.100. The minimum Gasteiger partial charge on any atom is -0.497 e. The fourth-order valence-electron chi connectivity index (χ4n) is 2.89. The van der Waals surface area contributed by atoms with Crippen molar-refractivity contribution in [1.29, 1.82) is 0 Å². The molecule has 4 nitrogen and oxygen atoms in total. The molecule has 0 radical (unpaired) electrons. The predicted molar refractivity (Wildman–Crippen MR) is 110 cm³/mol. The Hall–Kier alpha value is -2.31. The SMILES string of the molecule is COc1ccc(-c2c(-c3ccc(SC)cc3)nc3ncc(Br)cn23)cc1. The van der Waals surface area contributed by atoms with Gasteiger partial charge >= 0.3 is 0 Å². The summed E-state index contributed by atoms with van der Waals surface area (Å²) in [7, 11) is 1.67. The third-order valence-electron chi connectivity index (χ3n) is 4.18. The van der Waals surface area contributed by atoms with Crippen LogP contribution in [0.4, 0.5) is 0 Å². The van der Waals surface area contributed by atoms with Crippen molar-refractivity contribution < 1.29 is 4.74 Å². The van der Waals surface area contributed by atoms with E-state index in [0.717, 1.165) is 32.7 Å². The van der Waals surface area contributed by atoms with Gasteiger partial charge in [-0.15, -0.1) is 11.8 Å². The molecule has 26 heavy (non-hydrogen) atoms. The van der Waals surface area contributed by atoms with Crippen LogP contribution in [0.2, 0.25) is 0 Å². The molecule has 0 bridgehead atoms. The van der Waals surface area contributed by atoms with E-state index in [2.05, 4.69) is 51.4 Å². The van der Waals surface area contributed by atoms with Crippen molar-refractivity contribution in [2.24, 2.45) is 0 Å². The molecule has 4 rings (SSSR count). The van der Waals surface area contributed by atoms with Crippen molar-refractivity contribution in [2.75, 3.05) is 13.4 Å². The summed E-state index contributed by atoms with van der Waals surface area (Å²) in [6.45, 7) is 0. The lowest BCUT2D eigenvalue weighted by atomic mass is 10.0. The highest BCUT2D eigenvalue weighted by molar-refractivity contribution is 9.10. The van der Waals surface area contributed by atoms with Gasteiger partial charge in [-0.25, -0.2) is 9.97 Å². The molecule has 0 aliphatic heterocycles. The number of benzene rings is 2. The van der Waals surface area contributed by atoms with E-state index in [1.165, 1.54) is 4.90 Å². The van der Waals surface area contributed by atoms with Crippen molar-refractivity contribution in [2.45, 2.75) is 4.90 Å². The number of rotatable bonds is 4. The molecule has 0 unspecified atom stereocenters. The number of aromatic nitrogens is 3. The van der Waals surface area contributed by atoms with Crippen molar-refractivity contribution in [3.63, 3.8) is 0 Å². The number of ether oxygens (including phenoxy) is 1. The van der Waals surface area contributed by atoms with Crippen molar-refractivity contribution in [3.05, 3.63) is 65.4 Å². The standard InChI is InChI=1S/C20H16BrN3OS/c1-25-16-7-3-14(4-8-16)19-18(13-5-9-17(26-2)10-6-13)23-20-22-11-15(21)12-24(19)20/h3-12H,1-2H3. The van der Waals surface area contributed by atoms with E-state index in [-0.39, 0.29) is 0 Å². The number of methoxy groups -OCH3 is 1. The Balaban J connectivity index is 1.96. The second kappa shape index (κ2) is 7.13. The van der Waals surface area contributed by atoms with Gasteiger partial charge < -0.3 is 4.74 Å². The second-order valence-corrected chi connectivity index (χ2v) is 7.50. The van der Waals surface area contributed by atoms with Crippen molar-refractivity contribution in [1.82, 2.24) is 14.4 Å². The van der Waals surface area contributed by atoms with Gasteiger partial charge in [-0.1, -0.05) is 12.1 Å². The summed E-state index contributed by atoms with van der Waals surface area (Å²) in [6, 6.07) is 16.5. The summed E-state index contributed by atoms with van der Waals surface area (Å²) in [5, 5.41) is 0. The van der Waals surface area contributed by atoms with Gasteiger partial charge in [-0.3, -0.25) is 4.40 Å². The summed E-state index contributed by atoms with van der Waals surface area (Å²) in [4.78, 5) is 10.5. The van der Waals surface area contributed by atoms with Gasteiger partial charge in [0.1, 0.15) is 5.75 Å². The van der Waals surface area contributed by atoms with E-state index in [1.54, 1.807) is 25.1 Å². The number of hydrogen-bond donors (Lipinski definition) is 0. The monoisotopic (exact) mass is 425 g/mol. The van der Waals surface area contributed by atoms with Gasteiger partial charge in [0, 0.05) is 28.4 Å². The minimum absolute atomic E-state index is 0.669. The molecule has 130 valence electrons. The molecule has 0 N–H and O–H groups in total. The van der Waals surface area contributed by atoms with E-state index < -0.39 is 0 Å². The van der Waals surface area contributed by atoms with Crippen LogP contribution < -0.4 is 4.74 Å². The molecule has 4 aromatic rings. The maximum atomic E-state index is 5.29. The lowest BCUT2D eigenvalue weighted by molar-refractivity contribution is 0.415. The summed E-state index contributed by atoms with van der Waals surface area (Å²) >= 11 is 5.24. The molecule has 6 heteroatoms. The van der Waals surface area contributed by atoms with Crippen LogP contribution in [0.3, 0.4) is 0 Å². The smallest absolute Gasteiger partial charge is 0.234 e. The van der Waals surface area contributed by atoms with Gasteiger partial charge in [0.2, 0.25) is 5.78 Å². The Morgan fingerprint density at radius 1 is 1.00 bits per heavy atom. The predicted octanol–water partition coefficient (Wildman–Crippen LogP) is 5.56. The highest BCUT2D eigenvalue weighted by Crippen LogP contribution is 2.34. The Morgan fingerprint density at radius 2 is 1.69 bits per heavy atom. The molecule has 2 aromatic heterocycles. The molecular weight excluding hydrogens is 410 g/mol. The average Bonchev–Trinajstić information content (AvgIpc) is 3.06. The largest absolute Gasteiger partial charge is 0.497 e. The third kappa shape index (κ3) is 3.10. The Bertz CT molecular complexity index is 1060. The van der Waals surface area contributed by atoms with Crippen LogP contribution in [-0.2, 0) is 0 Å². The molecule has 0 aliphatic rings. The molecule has 0 saturated heterocycles. The lowest BCUT2D eigenvalue weighted by Gasteiger charge is -2.07. The van der Waals surface area contributed by atoms with Gasteiger partial charge in [-0.2, -0.15) is 0 Å². The first kappa shape index (κ1) is 17.1. The van der Waals surface area contributed by atoms with Gasteiger partial charge in [-0.05, 0) is 58.6 Å². The Labute approximate surface area is 164 Å². The van der Waals surface area contributed by atoms with Gasteiger partial charge in [0.15, 0.2) is 0 Å². The van der Waals surface area contributed by atoms with E-state index >= 15 is 0 Å². The van der Waals surface area contributed by atoms with E-state index in [0.29, 0.717) is 5.78 Å². The maximum Gasteiger partial charge on any atom is 0.234 e. The van der Waals surface area contributed by atoms with Gasteiger partial charge in [0.05, 0.1) is 23.0 Å². The zero-order valence-electron chi connectivity index (χ0n) is 14.3. The number of fused-ring (bicyclic) bond motifs is 1. The molecule has 0 fully saturated rings. The van der Waals surface area contributed by atoms with Crippen molar-refractivity contribution in [3.8, 4) is 28.3 Å². The first-order valence-corrected chi connectivity index (χ1v) is 10.0. The third-order valence-corrected chi connectivity index (χ3v) is 5.33. The topological polar surface area (TPSA) is 39.4 Å². The zero-order chi connectivity index (χ0) is 18.1. The average molecular weight is 426 g/mol. The number of halogens is 1. The van der Waals surface area contributed by atoms with E-state index in [4.69, 9.17) is 9.72 Å². The summed E-state index contributed by atoms with van der Waals surface area (Å²) in [6.07, 6.45) is 5.83. The number of imidazole rings is 1. The van der Waals surface area contributed by atoms with Crippen LogP contribution in [0.25, 0.3) is 28.3 Å². The molecule has 0 aliphatic carbocycles. The van der Waals surface area contributed by atoms with Gasteiger partial charge in [0.25, 0.3) is 0 Å². The van der Waals surface area contributed by atoms with Crippen LogP contribution >= 0.6 is 27.7 Å². The molecule has 0 saturated carbocycles. The molecular formula is C20H16BrN3OS. The summed E-state index contributed by atoms with van der Waals surface area (Å²) in [5.41, 5.74) is 4.04. The maximum absolute atomic E-state index is 5.29. The first-order chi connectivity index (χ1) is 12.7. The fourth-order valence-corrected chi connectivity index (χ4v) is 3.60. The van der Waals surface area contributed by atoms with Crippen LogP contribution in [0, 0.1) is 0 Å². The summed E-state index contributed by atoms with van der Waals surface area (Å²) < 4.78 is 8.21. The number of nitrogens with zero attached hydrogens (tertiary/aromatic N) is 3. The minimum atomic E-state index is 0.669. The molecule has 0 atom stereocenters. The zero-order valence-corrected chi connectivity index (χ0v) is 16.7. The highest BCUT2D eigenvalue weighted by Gasteiger charge is 2.17. The van der Waals surface area contributed by atoms with Crippen LogP contribution in [0.5, 0.6) is 5.75 Å². The van der Waals surface area contributed by atoms with E-state index in [1.807, 2.05) is 34.9 Å². The van der Waals surface area contributed by atoms with Crippen LogP contribution in [0.15, 0.2) is 70.3 Å². The number of thioether (sulfide) groups is 1. The van der Waals surface area contributed by atoms with E-state index in [9.17, 15) is 0 Å². The van der Waals surface area contributed by atoms with Crippen LogP contribution in [0.1, 0.15) is 0 Å². The summed E-state index contributed by atoms with van der Waals surface area (Å²) in [5.74, 6) is 1.50. The number of hydrogen-bond acceptors (Lipinski definition) is 4. The molecule has 0 spiro atoms. The Morgan fingerprint density at radius 3 is 2.35 bits per heavy atom.